The van der Waals surface area contributed by atoms with Crippen LogP contribution in [0.1, 0.15) is 85.0 Å². The quantitative estimate of drug-likeness (QED) is 0.476. The van der Waals surface area contributed by atoms with Crippen LogP contribution in [0.15, 0.2) is 11.6 Å². The van der Waals surface area contributed by atoms with Gasteiger partial charge in [-0.25, -0.2) is 0 Å². The van der Waals surface area contributed by atoms with Gasteiger partial charge in [-0.3, -0.25) is 29.0 Å². The maximum absolute atomic E-state index is 13.5. The van der Waals surface area contributed by atoms with Gasteiger partial charge >= 0.3 is 0 Å². The minimum atomic E-state index is -0.395. The molecule has 0 spiro atoms. The Bertz CT molecular complexity index is 895. The number of fused-ring (bicyclic) bond motifs is 1. The van der Waals surface area contributed by atoms with E-state index in [1.54, 1.807) is 9.80 Å². The SMILES string of the molecule is CC1=CC(C2CC(=O)N(C3CCCCC3C)C2=O)CC2C(=O)N(C3CCCCC3C)C(=O)C12. The molecule has 0 N–H and O–H groups in total. The molecule has 4 fully saturated rings. The van der Waals surface area contributed by atoms with Crippen molar-refractivity contribution in [1.82, 2.24) is 9.80 Å². The number of imide groups is 2. The van der Waals surface area contributed by atoms with E-state index in [0.29, 0.717) is 18.3 Å². The fourth-order valence-electron chi connectivity index (χ4n) is 7.63. The number of allylic oxidation sites excluding steroid dienone is 1. The van der Waals surface area contributed by atoms with Gasteiger partial charge < -0.3 is 0 Å². The summed E-state index contributed by atoms with van der Waals surface area (Å²) in [6.45, 7) is 6.24. The van der Waals surface area contributed by atoms with Crippen LogP contribution in [0.2, 0.25) is 0 Å². The van der Waals surface area contributed by atoms with E-state index in [2.05, 4.69) is 13.8 Å². The Morgan fingerprint density at radius 2 is 1.27 bits per heavy atom. The fourth-order valence-corrected chi connectivity index (χ4v) is 7.63. The van der Waals surface area contributed by atoms with Gasteiger partial charge in [0.25, 0.3) is 0 Å². The number of hydrogen-bond donors (Lipinski definition) is 0. The molecule has 0 bridgehead atoms. The molecule has 0 radical (unpaired) electrons. The normalized spacial score (nSPS) is 42.1. The zero-order valence-corrected chi connectivity index (χ0v) is 20.3. The second-order valence-corrected chi connectivity index (χ2v) is 11.5. The summed E-state index contributed by atoms with van der Waals surface area (Å²) in [5, 5.41) is 0. The second-order valence-electron chi connectivity index (χ2n) is 11.5. The first-order valence-electron chi connectivity index (χ1n) is 13.2. The molecular weight excluding hydrogens is 416 g/mol. The molecule has 33 heavy (non-hydrogen) atoms. The zero-order chi connectivity index (χ0) is 23.4. The van der Waals surface area contributed by atoms with Crippen molar-refractivity contribution in [3.05, 3.63) is 11.6 Å². The van der Waals surface area contributed by atoms with E-state index >= 15 is 0 Å². The highest BCUT2D eigenvalue weighted by molar-refractivity contribution is 6.07. The van der Waals surface area contributed by atoms with Gasteiger partial charge in [0.2, 0.25) is 23.6 Å². The molecule has 3 aliphatic carbocycles. The summed E-state index contributed by atoms with van der Waals surface area (Å²) in [4.78, 5) is 56.5. The van der Waals surface area contributed by atoms with Crippen LogP contribution < -0.4 is 0 Å². The lowest BCUT2D eigenvalue weighted by Crippen LogP contribution is -2.46. The molecule has 5 aliphatic rings. The monoisotopic (exact) mass is 454 g/mol. The highest BCUT2D eigenvalue weighted by Gasteiger charge is 2.56. The van der Waals surface area contributed by atoms with Crippen molar-refractivity contribution >= 4 is 23.6 Å². The number of carbonyl (C=O) groups is 4. The zero-order valence-electron chi connectivity index (χ0n) is 20.3. The minimum Gasteiger partial charge on any atom is -0.279 e. The molecule has 0 aromatic rings. The predicted molar refractivity (Wildman–Crippen MR) is 123 cm³/mol. The topological polar surface area (TPSA) is 74.8 Å². The van der Waals surface area contributed by atoms with Crippen molar-refractivity contribution in [2.45, 2.75) is 97.1 Å². The smallest absolute Gasteiger partial charge is 0.237 e. The highest BCUT2D eigenvalue weighted by Crippen LogP contribution is 2.47. The molecule has 6 nitrogen and oxygen atoms in total. The van der Waals surface area contributed by atoms with Gasteiger partial charge in [-0.1, -0.05) is 51.2 Å². The first-order chi connectivity index (χ1) is 15.8. The maximum Gasteiger partial charge on any atom is 0.237 e. The number of likely N-dealkylation sites (tertiary alicyclic amines) is 2. The van der Waals surface area contributed by atoms with E-state index in [-0.39, 0.29) is 59.9 Å². The van der Waals surface area contributed by atoms with E-state index in [1.807, 2.05) is 13.0 Å². The molecule has 2 saturated carbocycles. The predicted octanol–water partition coefficient (Wildman–Crippen LogP) is 4.09. The average Bonchev–Trinajstić information content (AvgIpc) is 3.22. The molecule has 0 aromatic heterocycles. The third kappa shape index (κ3) is 3.68. The summed E-state index contributed by atoms with van der Waals surface area (Å²) < 4.78 is 0. The molecule has 8 atom stereocenters. The number of rotatable bonds is 3. The van der Waals surface area contributed by atoms with Gasteiger partial charge in [0.05, 0.1) is 17.8 Å². The Morgan fingerprint density at radius 3 is 1.88 bits per heavy atom. The van der Waals surface area contributed by atoms with Crippen molar-refractivity contribution in [3.8, 4) is 0 Å². The van der Waals surface area contributed by atoms with Crippen LogP contribution in [0.3, 0.4) is 0 Å². The van der Waals surface area contributed by atoms with Gasteiger partial charge in [-0.15, -0.1) is 0 Å². The van der Waals surface area contributed by atoms with Crippen molar-refractivity contribution in [3.63, 3.8) is 0 Å². The van der Waals surface area contributed by atoms with Crippen LogP contribution in [-0.4, -0.2) is 45.5 Å². The molecule has 0 aromatic carbocycles. The lowest BCUT2D eigenvalue weighted by molar-refractivity contribution is -0.146. The lowest BCUT2D eigenvalue weighted by Gasteiger charge is -2.36. The first kappa shape index (κ1) is 22.8. The second kappa shape index (κ2) is 8.66. The van der Waals surface area contributed by atoms with Crippen LogP contribution in [0, 0.1) is 35.5 Å². The molecule has 5 rings (SSSR count). The number of hydrogen-bond acceptors (Lipinski definition) is 4. The Morgan fingerprint density at radius 1 is 0.727 bits per heavy atom. The first-order valence-corrected chi connectivity index (χ1v) is 13.2. The third-order valence-electron chi connectivity index (χ3n) is 9.48. The van der Waals surface area contributed by atoms with Crippen molar-refractivity contribution in [2.75, 3.05) is 0 Å². The average molecular weight is 455 g/mol. The van der Waals surface area contributed by atoms with E-state index < -0.39 is 5.92 Å². The van der Waals surface area contributed by atoms with Gasteiger partial charge in [0.1, 0.15) is 0 Å². The van der Waals surface area contributed by atoms with Crippen LogP contribution in [0.25, 0.3) is 0 Å². The van der Waals surface area contributed by atoms with Gasteiger partial charge in [0, 0.05) is 18.5 Å². The Balaban J connectivity index is 1.36. The minimum absolute atomic E-state index is 0.00794. The van der Waals surface area contributed by atoms with E-state index in [0.717, 1.165) is 56.9 Å². The Labute approximate surface area is 197 Å². The van der Waals surface area contributed by atoms with E-state index in [4.69, 9.17) is 0 Å². The molecule has 6 heteroatoms. The standard InChI is InChI=1S/C27H38N2O4/c1-15-8-4-6-10-21(15)28-23(30)14-19(25(28)31)18-12-17(3)24-20(13-18)26(32)29(27(24)33)22-11-7-5-9-16(22)2/h12,15-16,18-22,24H,4-11,13-14H2,1-3H3. The molecule has 2 heterocycles. The maximum atomic E-state index is 13.5. The van der Waals surface area contributed by atoms with Gasteiger partial charge in [0.15, 0.2) is 0 Å². The van der Waals surface area contributed by atoms with Crippen LogP contribution >= 0.6 is 0 Å². The summed E-state index contributed by atoms with van der Waals surface area (Å²) in [5.41, 5.74) is 0.908. The molecular formula is C27H38N2O4. The fraction of sp³-hybridized carbons (Fsp3) is 0.778. The molecule has 8 unspecified atom stereocenters. The molecule has 180 valence electrons. The molecule has 4 amide bonds. The van der Waals surface area contributed by atoms with Crippen LogP contribution in [0.4, 0.5) is 0 Å². The number of carbonyl (C=O) groups excluding carboxylic acids is 4. The van der Waals surface area contributed by atoms with Crippen molar-refractivity contribution < 1.29 is 19.2 Å². The van der Waals surface area contributed by atoms with Crippen LogP contribution in [0.5, 0.6) is 0 Å². The highest BCUT2D eigenvalue weighted by atomic mass is 16.2. The molecule has 2 saturated heterocycles. The molecule has 2 aliphatic heterocycles. The summed E-state index contributed by atoms with van der Waals surface area (Å²) in [7, 11) is 0. The summed E-state index contributed by atoms with van der Waals surface area (Å²) in [5.74, 6) is -0.815. The number of amides is 4. The summed E-state index contributed by atoms with van der Waals surface area (Å²) in [6.07, 6.45) is 11.2. The number of nitrogens with zero attached hydrogens (tertiary/aromatic N) is 2. The lowest BCUT2D eigenvalue weighted by atomic mass is 9.71. The van der Waals surface area contributed by atoms with E-state index in [1.165, 1.54) is 0 Å². The van der Waals surface area contributed by atoms with Gasteiger partial charge in [-0.05, 0) is 56.8 Å². The van der Waals surface area contributed by atoms with Gasteiger partial charge in [-0.2, -0.15) is 0 Å². The summed E-state index contributed by atoms with van der Waals surface area (Å²) >= 11 is 0. The van der Waals surface area contributed by atoms with Crippen LogP contribution in [-0.2, 0) is 19.2 Å². The largest absolute Gasteiger partial charge is 0.279 e. The summed E-state index contributed by atoms with van der Waals surface area (Å²) in [6, 6.07) is 0.0247. The van der Waals surface area contributed by atoms with Crippen molar-refractivity contribution in [2.24, 2.45) is 35.5 Å². The Hall–Kier alpha value is -1.98. The van der Waals surface area contributed by atoms with E-state index in [9.17, 15) is 19.2 Å². The Kier molecular flexibility index (Phi) is 5.98. The third-order valence-corrected chi connectivity index (χ3v) is 9.48. The van der Waals surface area contributed by atoms with Crippen molar-refractivity contribution in [1.29, 1.82) is 0 Å².